The number of aliphatic hydroxyl groups excluding tert-OH is 1. The Morgan fingerprint density at radius 2 is 1.96 bits per heavy atom. The monoisotopic (exact) mass is 361 g/mol. The van der Waals surface area contributed by atoms with Gasteiger partial charge in [-0.05, 0) is 45.2 Å². The maximum atomic E-state index is 11.4. The normalized spacial score (nSPS) is 12.3. The van der Waals surface area contributed by atoms with Crippen molar-refractivity contribution in [2.24, 2.45) is 7.05 Å². The summed E-state index contributed by atoms with van der Waals surface area (Å²) >= 11 is 0. The minimum Gasteiger partial charge on any atom is -0.491 e. The van der Waals surface area contributed by atoms with Crippen molar-refractivity contribution < 1.29 is 19.4 Å². The summed E-state index contributed by atoms with van der Waals surface area (Å²) < 4.78 is 12.1. The fourth-order valence-electron chi connectivity index (χ4n) is 2.79. The number of carbonyl (C=O) groups excluding carboxylic acids is 1. The van der Waals surface area contributed by atoms with Gasteiger partial charge in [-0.1, -0.05) is 0 Å². The number of aliphatic hydroxyl groups is 1. The molecule has 2 rings (SSSR count). The lowest BCUT2D eigenvalue weighted by atomic mass is 10.2. The zero-order chi connectivity index (χ0) is 19.3. The molecule has 1 atom stereocenters. The van der Waals surface area contributed by atoms with E-state index in [0.29, 0.717) is 17.9 Å². The number of carbonyl (C=O) groups is 1. The average Bonchev–Trinajstić information content (AvgIpc) is 2.85. The number of nitrogens with zero attached hydrogens (tertiary/aromatic N) is 3. The van der Waals surface area contributed by atoms with Crippen molar-refractivity contribution in [1.82, 2.24) is 14.7 Å². The molecule has 1 aromatic heterocycles. The molecule has 0 fully saturated rings. The number of esters is 1. The second kappa shape index (κ2) is 8.82. The zero-order valence-electron chi connectivity index (χ0n) is 16.0. The maximum absolute atomic E-state index is 11.4. The summed E-state index contributed by atoms with van der Waals surface area (Å²) in [5.41, 5.74) is 3.78. The van der Waals surface area contributed by atoms with Gasteiger partial charge in [0.15, 0.2) is 0 Å². The third-order valence-electron chi connectivity index (χ3n) is 4.33. The molecule has 0 bridgehead atoms. The molecule has 1 heterocycles. The first-order valence-corrected chi connectivity index (χ1v) is 8.48. The van der Waals surface area contributed by atoms with E-state index in [9.17, 15) is 9.90 Å². The lowest BCUT2D eigenvalue weighted by Gasteiger charge is -2.21. The summed E-state index contributed by atoms with van der Waals surface area (Å²) in [5, 5.41) is 14.6. The molecule has 0 amide bonds. The minimum atomic E-state index is -0.627. The van der Waals surface area contributed by atoms with Gasteiger partial charge in [0, 0.05) is 31.4 Å². The summed E-state index contributed by atoms with van der Waals surface area (Å²) in [6, 6.07) is 6.64. The Balaban J connectivity index is 1.82. The van der Waals surface area contributed by atoms with Crippen LogP contribution in [-0.2, 0) is 18.3 Å². The first kappa shape index (κ1) is 19.9. The van der Waals surface area contributed by atoms with Crippen LogP contribution in [-0.4, -0.2) is 59.2 Å². The molecular formula is C19H27N3O4. The van der Waals surface area contributed by atoms with Crippen LogP contribution in [0.5, 0.6) is 5.75 Å². The van der Waals surface area contributed by atoms with Crippen molar-refractivity contribution in [3.05, 3.63) is 46.8 Å². The second-order valence-electron chi connectivity index (χ2n) is 6.45. The van der Waals surface area contributed by atoms with E-state index in [1.54, 1.807) is 24.3 Å². The number of ether oxygens (including phenoxy) is 2. The minimum absolute atomic E-state index is 0.174. The van der Waals surface area contributed by atoms with Crippen molar-refractivity contribution in [3.63, 3.8) is 0 Å². The van der Waals surface area contributed by atoms with Crippen molar-refractivity contribution in [1.29, 1.82) is 0 Å². The van der Waals surface area contributed by atoms with E-state index in [1.165, 1.54) is 12.7 Å². The van der Waals surface area contributed by atoms with Gasteiger partial charge in [-0.3, -0.25) is 9.58 Å². The van der Waals surface area contributed by atoms with E-state index in [-0.39, 0.29) is 12.6 Å². The molecule has 1 unspecified atom stereocenters. The lowest BCUT2D eigenvalue weighted by Crippen LogP contribution is -2.33. The molecular weight excluding hydrogens is 334 g/mol. The average molecular weight is 361 g/mol. The van der Waals surface area contributed by atoms with E-state index in [2.05, 4.69) is 9.84 Å². The highest BCUT2D eigenvalue weighted by Crippen LogP contribution is 2.15. The molecule has 26 heavy (non-hydrogen) atoms. The van der Waals surface area contributed by atoms with E-state index in [4.69, 9.17) is 4.74 Å². The standard InChI is InChI=1S/C19H27N3O4/c1-13-18(14(2)22(4)20-13)11-21(3)10-16(23)12-26-17-8-6-15(7-9-17)19(24)25-5/h6-9,16,23H,10-12H2,1-5H3. The SMILES string of the molecule is COC(=O)c1ccc(OCC(O)CN(C)Cc2c(C)nn(C)c2C)cc1. The number of likely N-dealkylation sites (N-methyl/N-ethyl adjacent to an activating group) is 1. The van der Waals surface area contributed by atoms with Crippen LogP contribution in [0.25, 0.3) is 0 Å². The Morgan fingerprint density at radius 3 is 2.50 bits per heavy atom. The second-order valence-corrected chi connectivity index (χ2v) is 6.45. The fraction of sp³-hybridized carbons (Fsp3) is 0.474. The van der Waals surface area contributed by atoms with Crippen LogP contribution in [0.3, 0.4) is 0 Å². The van der Waals surface area contributed by atoms with Gasteiger partial charge in [0.1, 0.15) is 18.5 Å². The van der Waals surface area contributed by atoms with Crippen molar-refractivity contribution >= 4 is 5.97 Å². The van der Waals surface area contributed by atoms with Gasteiger partial charge in [-0.15, -0.1) is 0 Å². The van der Waals surface area contributed by atoms with E-state index < -0.39 is 6.10 Å². The predicted molar refractivity (Wildman–Crippen MR) is 98.3 cm³/mol. The number of benzene rings is 1. The zero-order valence-corrected chi connectivity index (χ0v) is 16.0. The van der Waals surface area contributed by atoms with E-state index >= 15 is 0 Å². The van der Waals surface area contributed by atoms with Gasteiger partial charge in [0.2, 0.25) is 0 Å². The van der Waals surface area contributed by atoms with Crippen LogP contribution in [0.2, 0.25) is 0 Å². The van der Waals surface area contributed by atoms with Crippen molar-refractivity contribution in [3.8, 4) is 5.75 Å². The van der Waals surface area contributed by atoms with Gasteiger partial charge in [-0.2, -0.15) is 5.10 Å². The highest BCUT2D eigenvalue weighted by molar-refractivity contribution is 5.89. The molecule has 0 radical (unpaired) electrons. The molecule has 0 aliphatic carbocycles. The molecule has 7 nitrogen and oxygen atoms in total. The van der Waals surface area contributed by atoms with Crippen molar-refractivity contribution in [2.75, 3.05) is 27.3 Å². The maximum Gasteiger partial charge on any atom is 0.337 e. The molecule has 0 saturated heterocycles. The van der Waals surface area contributed by atoms with Crippen LogP contribution in [0, 0.1) is 13.8 Å². The van der Waals surface area contributed by atoms with Crippen LogP contribution in [0.15, 0.2) is 24.3 Å². The number of aromatic nitrogens is 2. The quantitative estimate of drug-likeness (QED) is 0.721. The van der Waals surface area contributed by atoms with Gasteiger partial charge in [0.25, 0.3) is 0 Å². The molecule has 1 N–H and O–H groups in total. The number of hydrogen-bond acceptors (Lipinski definition) is 6. The summed E-state index contributed by atoms with van der Waals surface area (Å²) in [4.78, 5) is 13.4. The molecule has 142 valence electrons. The lowest BCUT2D eigenvalue weighted by molar-refractivity contribution is 0.0600. The summed E-state index contributed by atoms with van der Waals surface area (Å²) in [5.74, 6) is 0.206. The van der Waals surface area contributed by atoms with Gasteiger partial charge in [-0.25, -0.2) is 4.79 Å². The number of aryl methyl sites for hydroxylation is 2. The smallest absolute Gasteiger partial charge is 0.337 e. The van der Waals surface area contributed by atoms with E-state index in [1.807, 2.05) is 37.5 Å². The van der Waals surface area contributed by atoms with Crippen LogP contribution in [0.4, 0.5) is 0 Å². The Kier molecular flexibility index (Phi) is 6.76. The molecule has 0 aliphatic rings. The summed E-state index contributed by atoms with van der Waals surface area (Å²) in [7, 11) is 5.23. The van der Waals surface area contributed by atoms with Crippen LogP contribution >= 0.6 is 0 Å². The molecule has 1 aromatic carbocycles. The largest absolute Gasteiger partial charge is 0.491 e. The molecule has 7 heteroatoms. The Morgan fingerprint density at radius 1 is 1.31 bits per heavy atom. The topological polar surface area (TPSA) is 76.8 Å². The molecule has 2 aromatic rings. The molecule has 0 spiro atoms. The number of methoxy groups -OCH3 is 1. The van der Waals surface area contributed by atoms with Crippen LogP contribution < -0.4 is 4.74 Å². The third-order valence-corrected chi connectivity index (χ3v) is 4.33. The first-order valence-electron chi connectivity index (χ1n) is 8.48. The highest BCUT2D eigenvalue weighted by atomic mass is 16.5. The third kappa shape index (κ3) is 5.06. The highest BCUT2D eigenvalue weighted by Gasteiger charge is 2.15. The van der Waals surface area contributed by atoms with Gasteiger partial charge < -0.3 is 14.6 Å². The van der Waals surface area contributed by atoms with Crippen LogP contribution in [0.1, 0.15) is 27.3 Å². The fourth-order valence-corrected chi connectivity index (χ4v) is 2.79. The summed E-state index contributed by atoms with van der Waals surface area (Å²) in [6.45, 7) is 5.41. The van der Waals surface area contributed by atoms with Crippen molar-refractivity contribution in [2.45, 2.75) is 26.5 Å². The summed E-state index contributed by atoms with van der Waals surface area (Å²) in [6.07, 6.45) is -0.627. The first-order chi connectivity index (χ1) is 12.3. The van der Waals surface area contributed by atoms with Gasteiger partial charge in [0.05, 0.1) is 18.4 Å². The number of hydrogen-bond donors (Lipinski definition) is 1. The Labute approximate surface area is 154 Å². The Bertz CT molecular complexity index is 740. The molecule has 0 saturated carbocycles. The van der Waals surface area contributed by atoms with Gasteiger partial charge >= 0.3 is 5.97 Å². The predicted octanol–water partition coefficient (Wildman–Crippen LogP) is 1.70. The Hall–Kier alpha value is -2.38. The molecule has 0 aliphatic heterocycles. The van der Waals surface area contributed by atoms with E-state index in [0.717, 1.165) is 17.9 Å². The number of rotatable bonds is 8.